The summed E-state index contributed by atoms with van der Waals surface area (Å²) >= 11 is 0. The van der Waals surface area contributed by atoms with Crippen LogP contribution in [0.25, 0.3) is 0 Å². The molecule has 0 atom stereocenters. The number of hydrogen-bond acceptors (Lipinski definition) is 2. The number of carbonyl (C=O) groups excluding carboxylic acids is 1. The van der Waals surface area contributed by atoms with Crippen LogP contribution < -0.4 is 11.1 Å². The molecule has 0 aliphatic heterocycles. The summed E-state index contributed by atoms with van der Waals surface area (Å²) in [5.74, 6) is 0.766. The molecule has 3 heteroatoms. The van der Waals surface area contributed by atoms with Crippen LogP contribution in [0, 0.1) is 5.92 Å². The summed E-state index contributed by atoms with van der Waals surface area (Å²) in [4.78, 5) is 11.8. The normalized spacial score (nSPS) is 16.0. The Hall–Kier alpha value is -1.51. The van der Waals surface area contributed by atoms with Crippen LogP contribution in [0.3, 0.4) is 0 Å². The summed E-state index contributed by atoms with van der Waals surface area (Å²) in [5.41, 5.74) is 7.42. The Kier molecular flexibility index (Phi) is 4.02. The van der Waals surface area contributed by atoms with E-state index in [-0.39, 0.29) is 5.91 Å². The average molecular weight is 232 g/mol. The first-order chi connectivity index (χ1) is 8.25. The number of anilines is 1. The molecule has 0 saturated heterocycles. The van der Waals surface area contributed by atoms with E-state index in [1.165, 1.54) is 25.7 Å². The summed E-state index contributed by atoms with van der Waals surface area (Å²) in [5, 5.41) is 3.01. The molecule has 2 rings (SSSR count). The highest BCUT2D eigenvalue weighted by atomic mass is 16.1. The fraction of sp³-hybridized carbons (Fsp3) is 0.500. The molecule has 1 aromatic rings. The highest BCUT2D eigenvalue weighted by Crippen LogP contribution is 2.23. The van der Waals surface area contributed by atoms with Crippen molar-refractivity contribution < 1.29 is 4.79 Å². The molecule has 3 N–H and O–H groups in total. The summed E-state index contributed by atoms with van der Waals surface area (Å²) in [6.45, 7) is 0.825. The van der Waals surface area contributed by atoms with Crippen LogP contribution in [0.15, 0.2) is 24.3 Å². The minimum atomic E-state index is 0.0785. The van der Waals surface area contributed by atoms with Gasteiger partial charge in [0.1, 0.15) is 0 Å². The average Bonchev–Trinajstić information content (AvgIpc) is 2.82. The molecule has 0 aromatic heterocycles. The van der Waals surface area contributed by atoms with Crippen molar-refractivity contribution in [2.75, 3.05) is 12.3 Å². The maximum atomic E-state index is 11.8. The van der Waals surface area contributed by atoms with Gasteiger partial charge < -0.3 is 11.1 Å². The second-order valence-corrected chi connectivity index (χ2v) is 4.83. The number of rotatable bonds is 4. The molecule has 1 aromatic carbocycles. The topological polar surface area (TPSA) is 55.1 Å². The molecule has 92 valence electrons. The van der Waals surface area contributed by atoms with Crippen molar-refractivity contribution in [1.29, 1.82) is 0 Å². The molecule has 0 unspecified atom stereocenters. The van der Waals surface area contributed by atoms with Crippen LogP contribution in [-0.4, -0.2) is 12.5 Å². The number of para-hydroxylation sites is 1. The minimum absolute atomic E-state index is 0.0785. The maximum absolute atomic E-state index is 11.8. The maximum Gasteiger partial charge on any atom is 0.224 e. The molecule has 0 spiro atoms. The number of nitrogens with one attached hydrogen (secondary N) is 1. The van der Waals surface area contributed by atoms with Crippen LogP contribution in [0.4, 0.5) is 5.69 Å². The lowest BCUT2D eigenvalue weighted by Gasteiger charge is -2.11. The first-order valence-corrected chi connectivity index (χ1v) is 6.36. The van der Waals surface area contributed by atoms with Gasteiger partial charge in [-0.2, -0.15) is 0 Å². The van der Waals surface area contributed by atoms with Gasteiger partial charge >= 0.3 is 0 Å². The zero-order valence-electron chi connectivity index (χ0n) is 10.1. The van der Waals surface area contributed by atoms with Crippen molar-refractivity contribution in [3.63, 3.8) is 0 Å². The van der Waals surface area contributed by atoms with Crippen LogP contribution in [-0.2, 0) is 11.2 Å². The van der Waals surface area contributed by atoms with Gasteiger partial charge in [0.15, 0.2) is 0 Å². The van der Waals surface area contributed by atoms with Crippen molar-refractivity contribution in [3.05, 3.63) is 29.8 Å². The highest BCUT2D eigenvalue weighted by Gasteiger charge is 2.15. The Balaban J connectivity index is 1.79. The van der Waals surface area contributed by atoms with Crippen molar-refractivity contribution in [1.82, 2.24) is 5.32 Å². The Morgan fingerprint density at radius 2 is 2.00 bits per heavy atom. The molecule has 1 aliphatic carbocycles. The SMILES string of the molecule is Nc1ccccc1CC(=O)NCC1CCCC1. The van der Waals surface area contributed by atoms with Crippen molar-refractivity contribution in [3.8, 4) is 0 Å². The third kappa shape index (κ3) is 3.48. The van der Waals surface area contributed by atoms with E-state index in [4.69, 9.17) is 5.73 Å². The fourth-order valence-corrected chi connectivity index (χ4v) is 2.40. The van der Waals surface area contributed by atoms with E-state index in [1.54, 1.807) is 0 Å². The van der Waals surface area contributed by atoms with Gasteiger partial charge in [0, 0.05) is 12.2 Å². The molecule has 0 bridgehead atoms. The lowest BCUT2D eigenvalue weighted by atomic mass is 10.1. The van der Waals surface area contributed by atoms with E-state index in [9.17, 15) is 4.79 Å². The lowest BCUT2D eigenvalue weighted by Crippen LogP contribution is -2.29. The zero-order valence-corrected chi connectivity index (χ0v) is 10.1. The third-order valence-electron chi connectivity index (χ3n) is 3.47. The Labute approximate surface area is 102 Å². The van der Waals surface area contributed by atoms with Crippen LogP contribution in [0.5, 0.6) is 0 Å². The summed E-state index contributed by atoms with van der Waals surface area (Å²) in [6.07, 6.45) is 5.53. The Bertz CT molecular complexity index is 384. The lowest BCUT2D eigenvalue weighted by molar-refractivity contribution is -0.120. The first-order valence-electron chi connectivity index (χ1n) is 6.36. The first kappa shape index (κ1) is 12.0. The second-order valence-electron chi connectivity index (χ2n) is 4.83. The van der Waals surface area contributed by atoms with Gasteiger partial charge in [-0.3, -0.25) is 4.79 Å². The van der Waals surface area contributed by atoms with Gasteiger partial charge in [-0.15, -0.1) is 0 Å². The molecule has 17 heavy (non-hydrogen) atoms. The number of carbonyl (C=O) groups is 1. The van der Waals surface area contributed by atoms with Gasteiger partial charge in [0.25, 0.3) is 0 Å². The number of amides is 1. The predicted octanol–water partition coefficient (Wildman–Crippen LogP) is 2.12. The third-order valence-corrected chi connectivity index (χ3v) is 3.47. The molecular weight excluding hydrogens is 212 g/mol. The Morgan fingerprint density at radius 3 is 2.71 bits per heavy atom. The second kappa shape index (κ2) is 5.71. The molecule has 0 heterocycles. The summed E-state index contributed by atoms with van der Waals surface area (Å²) in [6, 6.07) is 7.54. The predicted molar refractivity (Wildman–Crippen MR) is 69.5 cm³/mol. The van der Waals surface area contributed by atoms with Gasteiger partial charge in [0.05, 0.1) is 6.42 Å². The minimum Gasteiger partial charge on any atom is -0.398 e. The van der Waals surface area contributed by atoms with E-state index in [0.29, 0.717) is 18.0 Å². The molecule has 3 nitrogen and oxygen atoms in total. The van der Waals surface area contributed by atoms with E-state index in [2.05, 4.69) is 5.32 Å². The largest absolute Gasteiger partial charge is 0.398 e. The summed E-state index contributed by atoms with van der Waals surface area (Å²) < 4.78 is 0. The van der Waals surface area contributed by atoms with Gasteiger partial charge in [0.2, 0.25) is 5.91 Å². The molecule has 1 aliphatic rings. The van der Waals surface area contributed by atoms with E-state index >= 15 is 0 Å². The highest BCUT2D eigenvalue weighted by molar-refractivity contribution is 5.80. The molecule has 1 amide bonds. The quantitative estimate of drug-likeness (QED) is 0.781. The van der Waals surface area contributed by atoms with Crippen molar-refractivity contribution >= 4 is 11.6 Å². The van der Waals surface area contributed by atoms with E-state index in [1.807, 2.05) is 24.3 Å². The summed E-state index contributed by atoms with van der Waals surface area (Å²) in [7, 11) is 0. The number of hydrogen-bond donors (Lipinski definition) is 2. The molecule has 0 radical (unpaired) electrons. The zero-order chi connectivity index (χ0) is 12.1. The van der Waals surface area contributed by atoms with Crippen LogP contribution in [0.1, 0.15) is 31.2 Å². The Morgan fingerprint density at radius 1 is 1.29 bits per heavy atom. The van der Waals surface area contributed by atoms with Crippen molar-refractivity contribution in [2.24, 2.45) is 5.92 Å². The van der Waals surface area contributed by atoms with Gasteiger partial charge in [-0.1, -0.05) is 31.0 Å². The van der Waals surface area contributed by atoms with E-state index < -0.39 is 0 Å². The molecular formula is C14H20N2O. The van der Waals surface area contributed by atoms with E-state index in [0.717, 1.165) is 12.1 Å². The smallest absolute Gasteiger partial charge is 0.224 e. The van der Waals surface area contributed by atoms with Gasteiger partial charge in [-0.25, -0.2) is 0 Å². The molecule has 1 saturated carbocycles. The number of nitrogen functional groups attached to an aromatic ring is 1. The number of benzene rings is 1. The monoisotopic (exact) mass is 232 g/mol. The molecule has 1 fully saturated rings. The van der Waals surface area contributed by atoms with Crippen LogP contribution >= 0.6 is 0 Å². The fourth-order valence-electron chi connectivity index (χ4n) is 2.40. The van der Waals surface area contributed by atoms with Crippen LogP contribution in [0.2, 0.25) is 0 Å². The standard InChI is InChI=1S/C14H20N2O/c15-13-8-4-3-7-12(13)9-14(17)16-10-11-5-1-2-6-11/h3-4,7-8,11H,1-2,5-6,9-10,15H2,(H,16,17). The number of nitrogens with two attached hydrogens (primary N) is 1. The van der Waals surface area contributed by atoms with Crippen molar-refractivity contribution in [2.45, 2.75) is 32.1 Å². The van der Waals surface area contributed by atoms with Gasteiger partial charge in [-0.05, 0) is 30.4 Å².